The zero-order valence-corrected chi connectivity index (χ0v) is 13.2. The highest BCUT2D eigenvalue weighted by atomic mass is 16.3. The SMILES string of the molecule is Cc1ccc(Cn2nc(-c3nc4ccccc4o3)cc2C)cc1. The monoisotopic (exact) mass is 303 g/mol. The number of para-hydroxylation sites is 2. The average Bonchev–Trinajstić information content (AvgIpc) is 3.13. The molecule has 4 rings (SSSR count). The molecule has 0 aliphatic rings. The van der Waals surface area contributed by atoms with Gasteiger partial charge in [-0.15, -0.1) is 0 Å². The molecule has 0 spiro atoms. The summed E-state index contributed by atoms with van der Waals surface area (Å²) < 4.78 is 7.78. The van der Waals surface area contributed by atoms with Crippen LogP contribution in [0.2, 0.25) is 0 Å². The van der Waals surface area contributed by atoms with Crippen molar-refractivity contribution in [2.75, 3.05) is 0 Å². The highest BCUT2D eigenvalue weighted by Crippen LogP contribution is 2.24. The normalized spacial score (nSPS) is 11.2. The lowest BCUT2D eigenvalue weighted by atomic mass is 10.1. The predicted molar refractivity (Wildman–Crippen MR) is 90.2 cm³/mol. The van der Waals surface area contributed by atoms with E-state index in [2.05, 4.69) is 41.3 Å². The zero-order chi connectivity index (χ0) is 15.8. The average molecular weight is 303 g/mol. The summed E-state index contributed by atoms with van der Waals surface area (Å²) in [5, 5.41) is 4.65. The molecule has 4 aromatic rings. The molecular formula is C19H17N3O. The molecule has 114 valence electrons. The minimum Gasteiger partial charge on any atom is -0.435 e. The van der Waals surface area contributed by atoms with Crippen molar-refractivity contribution < 1.29 is 4.42 Å². The molecule has 0 unspecified atom stereocenters. The van der Waals surface area contributed by atoms with E-state index in [1.54, 1.807) is 0 Å². The van der Waals surface area contributed by atoms with Crippen molar-refractivity contribution in [2.24, 2.45) is 0 Å². The maximum atomic E-state index is 5.80. The Labute approximate surface area is 134 Å². The van der Waals surface area contributed by atoms with E-state index in [0.29, 0.717) is 5.89 Å². The lowest BCUT2D eigenvalue weighted by molar-refractivity contribution is 0.608. The Morgan fingerprint density at radius 1 is 1.00 bits per heavy atom. The van der Waals surface area contributed by atoms with Crippen LogP contribution in [0.4, 0.5) is 0 Å². The lowest BCUT2D eigenvalue weighted by Gasteiger charge is -2.04. The first-order valence-electron chi connectivity index (χ1n) is 7.65. The third-order valence-electron chi connectivity index (χ3n) is 3.95. The molecule has 0 fully saturated rings. The Morgan fingerprint density at radius 2 is 1.78 bits per heavy atom. The molecule has 0 saturated carbocycles. The molecule has 2 aromatic carbocycles. The Bertz CT molecular complexity index is 931. The second-order valence-corrected chi connectivity index (χ2v) is 5.80. The predicted octanol–water partition coefficient (Wildman–Crippen LogP) is 4.36. The van der Waals surface area contributed by atoms with Crippen LogP contribution in [0.1, 0.15) is 16.8 Å². The standard InChI is InChI=1S/C19H17N3O/c1-13-7-9-15(10-8-13)12-22-14(2)11-17(21-22)19-20-16-5-3-4-6-18(16)23-19/h3-11H,12H2,1-2H3. The quantitative estimate of drug-likeness (QED) is 0.565. The Morgan fingerprint density at radius 3 is 2.57 bits per heavy atom. The van der Waals surface area contributed by atoms with Crippen LogP contribution in [0, 0.1) is 13.8 Å². The molecule has 0 aliphatic carbocycles. The first-order chi connectivity index (χ1) is 11.2. The number of nitrogens with zero attached hydrogens (tertiary/aromatic N) is 3. The van der Waals surface area contributed by atoms with E-state index in [1.807, 2.05) is 41.9 Å². The van der Waals surface area contributed by atoms with Crippen molar-refractivity contribution in [3.8, 4) is 11.6 Å². The summed E-state index contributed by atoms with van der Waals surface area (Å²) in [5.74, 6) is 0.567. The zero-order valence-electron chi connectivity index (χ0n) is 13.2. The summed E-state index contributed by atoms with van der Waals surface area (Å²) in [7, 11) is 0. The molecule has 0 aliphatic heterocycles. The van der Waals surface area contributed by atoms with Crippen molar-refractivity contribution >= 4 is 11.1 Å². The van der Waals surface area contributed by atoms with E-state index < -0.39 is 0 Å². The number of aryl methyl sites for hydroxylation is 2. The molecule has 2 heterocycles. The molecule has 4 heteroatoms. The van der Waals surface area contributed by atoms with Crippen LogP contribution in [0.3, 0.4) is 0 Å². The summed E-state index contributed by atoms with van der Waals surface area (Å²) in [6.07, 6.45) is 0. The molecule has 4 nitrogen and oxygen atoms in total. The van der Waals surface area contributed by atoms with Crippen LogP contribution in [0.5, 0.6) is 0 Å². The van der Waals surface area contributed by atoms with E-state index in [4.69, 9.17) is 4.42 Å². The van der Waals surface area contributed by atoms with E-state index in [1.165, 1.54) is 11.1 Å². The molecule has 0 atom stereocenters. The smallest absolute Gasteiger partial charge is 0.248 e. The van der Waals surface area contributed by atoms with Crippen molar-refractivity contribution in [1.82, 2.24) is 14.8 Å². The number of hydrogen-bond acceptors (Lipinski definition) is 3. The molecule has 0 saturated heterocycles. The number of oxazole rings is 1. The topological polar surface area (TPSA) is 43.9 Å². The second kappa shape index (κ2) is 5.39. The maximum absolute atomic E-state index is 5.80. The van der Waals surface area contributed by atoms with Gasteiger partial charge < -0.3 is 4.42 Å². The fourth-order valence-corrected chi connectivity index (χ4v) is 2.62. The Balaban J connectivity index is 1.67. The largest absolute Gasteiger partial charge is 0.435 e. The fraction of sp³-hybridized carbons (Fsp3) is 0.158. The van der Waals surface area contributed by atoms with Crippen molar-refractivity contribution in [1.29, 1.82) is 0 Å². The molecule has 0 bridgehead atoms. The van der Waals surface area contributed by atoms with Crippen molar-refractivity contribution in [3.63, 3.8) is 0 Å². The number of aromatic nitrogens is 3. The van der Waals surface area contributed by atoms with Crippen LogP contribution in [-0.4, -0.2) is 14.8 Å². The molecule has 0 radical (unpaired) electrons. The van der Waals surface area contributed by atoms with Gasteiger partial charge in [0, 0.05) is 5.69 Å². The van der Waals surface area contributed by atoms with Gasteiger partial charge in [-0.1, -0.05) is 42.0 Å². The van der Waals surface area contributed by atoms with Crippen molar-refractivity contribution in [2.45, 2.75) is 20.4 Å². The summed E-state index contributed by atoms with van der Waals surface area (Å²) in [5.41, 5.74) is 5.99. The Kier molecular flexibility index (Phi) is 3.23. The third kappa shape index (κ3) is 2.63. The first-order valence-corrected chi connectivity index (χ1v) is 7.65. The van der Waals surface area contributed by atoms with Gasteiger partial charge in [0.2, 0.25) is 5.89 Å². The van der Waals surface area contributed by atoms with Gasteiger partial charge in [0.1, 0.15) is 11.2 Å². The summed E-state index contributed by atoms with van der Waals surface area (Å²) in [6.45, 7) is 4.88. The van der Waals surface area contributed by atoms with Gasteiger partial charge in [-0.2, -0.15) is 5.10 Å². The highest BCUT2D eigenvalue weighted by Gasteiger charge is 2.13. The number of rotatable bonds is 3. The maximum Gasteiger partial charge on any atom is 0.248 e. The van der Waals surface area contributed by atoms with Gasteiger partial charge in [-0.25, -0.2) is 4.98 Å². The van der Waals surface area contributed by atoms with Gasteiger partial charge >= 0.3 is 0 Å². The van der Waals surface area contributed by atoms with Gasteiger partial charge in [-0.05, 0) is 37.6 Å². The highest BCUT2D eigenvalue weighted by molar-refractivity contribution is 5.75. The molecular weight excluding hydrogens is 286 g/mol. The van der Waals surface area contributed by atoms with E-state index >= 15 is 0 Å². The minimum atomic E-state index is 0.567. The fourth-order valence-electron chi connectivity index (χ4n) is 2.62. The summed E-state index contributed by atoms with van der Waals surface area (Å²) in [4.78, 5) is 4.51. The van der Waals surface area contributed by atoms with Gasteiger partial charge in [0.05, 0.1) is 6.54 Å². The van der Waals surface area contributed by atoms with Crippen LogP contribution in [0.25, 0.3) is 22.7 Å². The summed E-state index contributed by atoms with van der Waals surface area (Å²) >= 11 is 0. The van der Waals surface area contributed by atoms with Crippen molar-refractivity contribution in [3.05, 3.63) is 71.4 Å². The van der Waals surface area contributed by atoms with Crippen LogP contribution in [0.15, 0.2) is 59.0 Å². The van der Waals surface area contributed by atoms with Gasteiger partial charge in [0.15, 0.2) is 5.58 Å². The molecule has 0 N–H and O–H groups in total. The third-order valence-corrected chi connectivity index (χ3v) is 3.95. The molecule has 0 amide bonds. The van der Waals surface area contributed by atoms with E-state index in [-0.39, 0.29) is 0 Å². The number of hydrogen-bond donors (Lipinski definition) is 0. The lowest BCUT2D eigenvalue weighted by Crippen LogP contribution is -2.03. The van der Waals surface area contributed by atoms with Crippen LogP contribution >= 0.6 is 0 Å². The molecule has 2 aromatic heterocycles. The number of benzene rings is 2. The summed E-state index contributed by atoms with van der Waals surface area (Å²) in [6, 6.07) is 18.3. The van der Waals surface area contributed by atoms with Gasteiger partial charge in [-0.3, -0.25) is 4.68 Å². The van der Waals surface area contributed by atoms with Gasteiger partial charge in [0.25, 0.3) is 0 Å². The van der Waals surface area contributed by atoms with Crippen LogP contribution < -0.4 is 0 Å². The molecule has 23 heavy (non-hydrogen) atoms. The first kappa shape index (κ1) is 13.8. The van der Waals surface area contributed by atoms with Crippen LogP contribution in [-0.2, 0) is 6.54 Å². The minimum absolute atomic E-state index is 0.567. The van der Waals surface area contributed by atoms with E-state index in [9.17, 15) is 0 Å². The number of fused-ring (bicyclic) bond motifs is 1. The Hall–Kier alpha value is -2.88. The van der Waals surface area contributed by atoms with E-state index in [0.717, 1.165) is 29.0 Å². The second-order valence-electron chi connectivity index (χ2n) is 5.80.